The van der Waals surface area contributed by atoms with Crippen LogP contribution < -0.4 is 15.0 Å². The van der Waals surface area contributed by atoms with Gasteiger partial charge in [-0.15, -0.1) is 0 Å². The topological polar surface area (TPSA) is 39.7 Å². The van der Waals surface area contributed by atoms with Crippen LogP contribution in [-0.2, 0) is 4.84 Å². The molecule has 0 amide bonds. The van der Waals surface area contributed by atoms with Gasteiger partial charge in [0.05, 0.1) is 20.8 Å². The van der Waals surface area contributed by atoms with Crippen molar-refractivity contribution >= 4 is 6.08 Å². The van der Waals surface area contributed by atoms with Crippen LogP contribution in [0.1, 0.15) is 5.56 Å². The Hall–Kier alpha value is -1.52. The predicted molar refractivity (Wildman–Crippen MR) is 63.6 cm³/mol. The van der Waals surface area contributed by atoms with Crippen LogP contribution in [0, 0.1) is 0 Å². The van der Waals surface area contributed by atoms with E-state index in [0.717, 1.165) is 17.1 Å². The Bertz CT molecular complexity index is 350. The van der Waals surface area contributed by atoms with E-state index in [1.54, 1.807) is 21.3 Å². The molecule has 0 saturated heterocycles. The van der Waals surface area contributed by atoms with Crippen LogP contribution in [0.15, 0.2) is 24.3 Å². The summed E-state index contributed by atoms with van der Waals surface area (Å²) in [6.07, 6.45) is 3.84. The SMILES string of the molecule is CNOC/C=C/c1ccc(OC)cc1OC. The zero-order chi connectivity index (χ0) is 11.8. The summed E-state index contributed by atoms with van der Waals surface area (Å²) < 4.78 is 10.4. The van der Waals surface area contributed by atoms with Gasteiger partial charge in [-0.1, -0.05) is 12.2 Å². The van der Waals surface area contributed by atoms with E-state index in [0.29, 0.717) is 6.61 Å². The summed E-state index contributed by atoms with van der Waals surface area (Å²) in [6, 6.07) is 5.67. The van der Waals surface area contributed by atoms with Crippen molar-refractivity contribution in [1.29, 1.82) is 0 Å². The van der Waals surface area contributed by atoms with Crippen molar-refractivity contribution in [3.05, 3.63) is 29.8 Å². The molecule has 1 N–H and O–H groups in total. The van der Waals surface area contributed by atoms with E-state index in [-0.39, 0.29) is 0 Å². The summed E-state index contributed by atoms with van der Waals surface area (Å²) in [7, 11) is 4.99. The number of hydrogen-bond donors (Lipinski definition) is 1. The van der Waals surface area contributed by atoms with Gasteiger partial charge in [0.2, 0.25) is 0 Å². The van der Waals surface area contributed by atoms with Gasteiger partial charge in [-0.05, 0) is 12.1 Å². The van der Waals surface area contributed by atoms with E-state index in [1.165, 1.54) is 0 Å². The Morgan fingerprint density at radius 3 is 2.69 bits per heavy atom. The molecule has 0 aliphatic rings. The van der Waals surface area contributed by atoms with E-state index in [4.69, 9.17) is 14.3 Å². The summed E-state index contributed by atoms with van der Waals surface area (Å²) in [4.78, 5) is 4.97. The molecule has 4 nitrogen and oxygen atoms in total. The minimum absolute atomic E-state index is 0.506. The summed E-state index contributed by atoms with van der Waals surface area (Å²) in [5, 5.41) is 0. The Labute approximate surface area is 95.8 Å². The number of ether oxygens (including phenoxy) is 2. The third-order valence-electron chi connectivity index (χ3n) is 2.06. The maximum atomic E-state index is 5.26. The number of methoxy groups -OCH3 is 2. The Morgan fingerprint density at radius 1 is 1.25 bits per heavy atom. The second kappa shape index (κ2) is 6.87. The van der Waals surface area contributed by atoms with Crippen LogP contribution in [0.25, 0.3) is 6.08 Å². The highest BCUT2D eigenvalue weighted by Crippen LogP contribution is 2.25. The molecule has 16 heavy (non-hydrogen) atoms. The fourth-order valence-corrected chi connectivity index (χ4v) is 1.26. The molecule has 0 aliphatic heterocycles. The van der Waals surface area contributed by atoms with Crippen LogP contribution >= 0.6 is 0 Å². The lowest BCUT2D eigenvalue weighted by molar-refractivity contribution is 0.0814. The van der Waals surface area contributed by atoms with Gasteiger partial charge < -0.3 is 9.47 Å². The smallest absolute Gasteiger partial charge is 0.129 e. The Kier molecular flexibility index (Phi) is 5.39. The van der Waals surface area contributed by atoms with Gasteiger partial charge in [-0.25, -0.2) is 5.48 Å². The van der Waals surface area contributed by atoms with Crippen LogP contribution in [0.2, 0.25) is 0 Å². The van der Waals surface area contributed by atoms with Crippen molar-refractivity contribution in [1.82, 2.24) is 5.48 Å². The fourth-order valence-electron chi connectivity index (χ4n) is 1.26. The first-order chi connectivity index (χ1) is 7.81. The summed E-state index contributed by atoms with van der Waals surface area (Å²) in [5.74, 6) is 1.56. The highest BCUT2D eigenvalue weighted by Gasteiger charge is 2.01. The molecular weight excluding hydrogens is 206 g/mol. The molecule has 1 aromatic rings. The van der Waals surface area contributed by atoms with Gasteiger partial charge in [0.25, 0.3) is 0 Å². The molecule has 1 rings (SSSR count). The van der Waals surface area contributed by atoms with Crippen molar-refractivity contribution in [2.75, 3.05) is 27.9 Å². The fraction of sp³-hybridized carbons (Fsp3) is 0.333. The molecule has 0 atom stereocenters. The van der Waals surface area contributed by atoms with Crippen molar-refractivity contribution < 1.29 is 14.3 Å². The summed E-state index contributed by atoms with van der Waals surface area (Å²) in [5.41, 5.74) is 3.59. The number of nitrogens with one attached hydrogen (secondary N) is 1. The van der Waals surface area contributed by atoms with E-state index < -0.39 is 0 Å². The molecule has 0 spiro atoms. The monoisotopic (exact) mass is 223 g/mol. The average Bonchev–Trinajstić information content (AvgIpc) is 2.34. The second-order valence-electron chi connectivity index (χ2n) is 3.03. The lowest BCUT2D eigenvalue weighted by Crippen LogP contribution is -2.06. The van der Waals surface area contributed by atoms with Gasteiger partial charge in [0, 0.05) is 18.7 Å². The first-order valence-corrected chi connectivity index (χ1v) is 4.99. The lowest BCUT2D eigenvalue weighted by atomic mass is 10.2. The first kappa shape index (κ1) is 12.5. The molecule has 0 radical (unpaired) electrons. The maximum Gasteiger partial charge on any atom is 0.129 e. The number of hydrogen-bond acceptors (Lipinski definition) is 4. The summed E-state index contributed by atoms with van der Waals surface area (Å²) in [6.45, 7) is 0.506. The van der Waals surface area contributed by atoms with Gasteiger partial charge in [-0.2, -0.15) is 0 Å². The van der Waals surface area contributed by atoms with Crippen molar-refractivity contribution in [3.63, 3.8) is 0 Å². The molecule has 0 heterocycles. The van der Waals surface area contributed by atoms with Gasteiger partial charge in [0.1, 0.15) is 11.5 Å². The largest absolute Gasteiger partial charge is 0.497 e. The van der Waals surface area contributed by atoms with Crippen LogP contribution in [0.5, 0.6) is 11.5 Å². The molecule has 88 valence electrons. The molecule has 4 heteroatoms. The highest BCUT2D eigenvalue weighted by atomic mass is 16.6. The molecule has 1 aromatic carbocycles. The quantitative estimate of drug-likeness (QED) is 0.590. The van der Waals surface area contributed by atoms with Crippen molar-refractivity contribution in [2.45, 2.75) is 0 Å². The van der Waals surface area contributed by atoms with Gasteiger partial charge >= 0.3 is 0 Å². The lowest BCUT2D eigenvalue weighted by Gasteiger charge is -2.07. The molecule has 0 unspecified atom stereocenters. The summed E-state index contributed by atoms with van der Waals surface area (Å²) >= 11 is 0. The standard InChI is InChI=1S/C12H17NO3/c1-13-16-8-4-5-10-6-7-11(14-2)9-12(10)15-3/h4-7,9,13H,8H2,1-3H3/b5-4+. The highest BCUT2D eigenvalue weighted by molar-refractivity contribution is 5.59. The molecule has 0 fully saturated rings. The molecule has 0 aliphatic carbocycles. The Balaban J connectivity index is 2.75. The molecule has 0 saturated carbocycles. The number of benzene rings is 1. The van der Waals surface area contributed by atoms with Crippen LogP contribution in [-0.4, -0.2) is 27.9 Å². The van der Waals surface area contributed by atoms with Gasteiger partial charge in [-0.3, -0.25) is 4.84 Å². The first-order valence-electron chi connectivity index (χ1n) is 4.99. The number of rotatable bonds is 6. The van der Waals surface area contributed by atoms with Crippen LogP contribution in [0.3, 0.4) is 0 Å². The minimum atomic E-state index is 0.506. The average molecular weight is 223 g/mol. The normalized spacial score (nSPS) is 10.7. The number of hydroxylamine groups is 1. The van der Waals surface area contributed by atoms with E-state index >= 15 is 0 Å². The molecule has 0 aromatic heterocycles. The second-order valence-corrected chi connectivity index (χ2v) is 3.03. The molecule has 0 bridgehead atoms. The van der Waals surface area contributed by atoms with Crippen molar-refractivity contribution in [2.24, 2.45) is 0 Å². The zero-order valence-corrected chi connectivity index (χ0v) is 9.82. The third-order valence-corrected chi connectivity index (χ3v) is 2.06. The van der Waals surface area contributed by atoms with E-state index in [9.17, 15) is 0 Å². The van der Waals surface area contributed by atoms with Crippen LogP contribution in [0.4, 0.5) is 0 Å². The third kappa shape index (κ3) is 3.56. The molecular formula is C12H17NO3. The predicted octanol–water partition coefficient (Wildman–Crippen LogP) is 1.87. The minimum Gasteiger partial charge on any atom is -0.497 e. The maximum absolute atomic E-state index is 5.26. The van der Waals surface area contributed by atoms with Crippen molar-refractivity contribution in [3.8, 4) is 11.5 Å². The van der Waals surface area contributed by atoms with E-state index in [2.05, 4.69) is 5.48 Å². The van der Waals surface area contributed by atoms with Gasteiger partial charge in [0.15, 0.2) is 0 Å². The van der Waals surface area contributed by atoms with E-state index in [1.807, 2.05) is 30.4 Å². The zero-order valence-electron chi connectivity index (χ0n) is 9.82. The Morgan fingerprint density at radius 2 is 2.06 bits per heavy atom.